The summed E-state index contributed by atoms with van der Waals surface area (Å²) >= 11 is 23.6. The fraction of sp³-hybridized carbons (Fsp3) is 0. The van der Waals surface area contributed by atoms with Gasteiger partial charge < -0.3 is 0 Å². The molecule has 0 saturated carbocycles. The molecule has 0 aliphatic rings. The first-order valence-corrected chi connectivity index (χ1v) is 8.59. The molecule has 0 radical (unpaired) electrons. The first-order chi connectivity index (χ1) is 10.1. The number of rotatable bonds is 2. The summed E-state index contributed by atoms with van der Waals surface area (Å²) in [5, 5.41) is 3.14. The molecule has 0 saturated heterocycles. The lowest BCUT2D eigenvalue weighted by atomic mass is 10.1. The highest BCUT2D eigenvalue weighted by molar-refractivity contribution is 9.10. The summed E-state index contributed by atoms with van der Waals surface area (Å²) in [7, 11) is 0. The highest BCUT2D eigenvalue weighted by Gasteiger charge is 2.16. The quantitative estimate of drug-likeness (QED) is 0.437. The summed E-state index contributed by atoms with van der Waals surface area (Å²) in [6.45, 7) is 0. The summed E-state index contributed by atoms with van der Waals surface area (Å²) in [4.78, 5) is 9.59. The monoisotopic (exact) mass is 418 g/mol. The van der Waals surface area contributed by atoms with E-state index in [0.717, 1.165) is 14.9 Å². The third-order valence-corrected chi connectivity index (χ3v) is 5.37. The summed E-state index contributed by atoms with van der Waals surface area (Å²) in [6, 6.07) is 9.18. The molecule has 0 unspecified atom stereocenters. The van der Waals surface area contributed by atoms with Crippen molar-refractivity contribution >= 4 is 62.1 Å². The van der Waals surface area contributed by atoms with E-state index in [0.29, 0.717) is 26.7 Å². The Morgan fingerprint density at radius 2 is 1.71 bits per heavy atom. The van der Waals surface area contributed by atoms with Crippen LogP contribution in [0.1, 0.15) is 0 Å². The number of nitrogens with zero attached hydrogens (tertiary/aromatic N) is 2. The Morgan fingerprint density at radius 3 is 2.29 bits per heavy atom. The minimum absolute atomic E-state index is 0.299. The minimum atomic E-state index is 0.299. The van der Waals surface area contributed by atoms with Gasteiger partial charge >= 0.3 is 0 Å². The molecule has 0 spiro atoms. The van der Waals surface area contributed by atoms with Crippen molar-refractivity contribution in [1.29, 1.82) is 0 Å². The highest BCUT2D eigenvalue weighted by atomic mass is 79.9. The molecular weight excluding hydrogens is 414 g/mol. The van der Waals surface area contributed by atoms with Crippen molar-refractivity contribution < 1.29 is 0 Å². The Bertz CT molecular complexity index is 796. The summed E-state index contributed by atoms with van der Waals surface area (Å²) in [6.07, 6.45) is 0. The predicted octanol–water partition coefficient (Wildman–Crippen LogP) is 6.59. The van der Waals surface area contributed by atoms with Gasteiger partial charge in [0, 0.05) is 9.50 Å². The van der Waals surface area contributed by atoms with Crippen molar-refractivity contribution in [3.05, 3.63) is 55.5 Å². The molecule has 3 aromatic rings. The summed E-state index contributed by atoms with van der Waals surface area (Å²) < 4.78 is 0.912. The van der Waals surface area contributed by atoms with E-state index in [1.165, 1.54) is 11.3 Å². The molecule has 2 heterocycles. The maximum atomic E-state index is 6.30. The van der Waals surface area contributed by atoms with E-state index >= 15 is 0 Å². The van der Waals surface area contributed by atoms with Crippen molar-refractivity contribution in [3.63, 3.8) is 0 Å². The van der Waals surface area contributed by atoms with Crippen molar-refractivity contribution in [2.45, 2.75) is 0 Å². The van der Waals surface area contributed by atoms with Gasteiger partial charge in [-0.1, -0.05) is 46.9 Å². The molecule has 106 valence electrons. The predicted molar refractivity (Wildman–Crippen MR) is 93.5 cm³/mol. The van der Waals surface area contributed by atoms with E-state index in [1.54, 1.807) is 12.1 Å². The van der Waals surface area contributed by atoms with Crippen LogP contribution in [0.5, 0.6) is 0 Å². The van der Waals surface area contributed by atoms with Crippen LogP contribution < -0.4 is 0 Å². The lowest BCUT2D eigenvalue weighted by Crippen LogP contribution is -1.93. The summed E-state index contributed by atoms with van der Waals surface area (Å²) in [5.74, 6) is 0.498. The number of benzene rings is 1. The SMILES string of the molecule is Clc1cccc(-c2c(Cl)nc(-c3sccc3Br)nc2Cl)c1. The number of hydrogen-bond acceptors (Lipinski definition) is 3. The van der Waals surface area contributed by atoms with E-state index in [1.807, 2.05) is 23.6 Å². The molecule has 0 aliphatic heterocycles. The Labute approximate surface area is 148 Å². The van der Waals surface area contributed by atoms with Gasteiger partial charge in [0.1, 0.15) is 10.3 Å². The number of halogens is 4. The van der Waals surface area contributed by atoms with Gasteiger partial charge in [-0.15, -0.1) is 11.3 Å². The number of aromatic nitrogens is 2. The van der Waals surface area contributed by atoms with Gasteiger partial charge in [0.2, 0.25) is 0 Å². The van der Waals surface area contributed by atoms with Crippen LogP contribution in [0, 0.1) is 0 Å². The normalized spacial score (nSPS) is 10.9. The molecule has 1 aromatic carbocycles. The van der Waals surface area contributed by atoms with E-state index in [4.69, 9.17) is 34.8 Å². The molecule has 3 rings (SSSR count). The van der Waals surface area contributed by atoms with Crippen molar-refractivity contribution in [3.8, 4) is 21.8 Å². The van der Waals surface area contributed by atoms with Gasteiger partial charge in [-0.3, -0.25) is 0 Å². The van der Waals surface area contributed by atoms with Crippen LogP contribution in [0.15, 0.2) is 40.2 Å². The van der Waals surface area contributed by atoms with Crippen LogP contribution in [0.4, 0.5) is 0 Å². The van der Waals surface area contributed by atoms with Crippen LogP contribution in [0.3, 0.4) is 0 Å². The second-order valence-corrected chi connectivity index (χ2v) is 7.03. The van der Waals surface area contributed by atoms with Gasteiger partial charge in [0.15, 0.2) is 5.82 Å². The zero-order valence-corrected chi connectivity index (χ0v) is 14.9. The van der Waals surface area contributed by atoms with Crippen LogP contribution >= 0.6 is 62.1 Å². The van der Waals surface area contributed by atoms with Crippen molar-refractivity contribution in [2.24, 2.45) is 0 Å². The van der Waals surface area contributed by atoms with Crippen molar-refractivity contribution in [1.82, 2.24) is 9.97 Å². The lowest BCUT2D eigenvalue weighted by Gasteiger charge is -2.08. The second-order valence-electron chi connectivity index (χ2n) is 4.11. The van der Waals surface area contributed by atoms with E-state index in [-0.39, 0.29) is 0 Å². The molecule has 0 atom stereocenters. The molecule has 0 fully saturated rings. The Hall–Kier alpha value is -0.650. The first kappa shape index (κ1) is 15.3. The molecule has 7 heteroatoms. The third kappa shape index (κ3) is 3.10. The van der Waals surface area contributed by atoms with Crippen molar-refractivity contribution in [2.75, 3.05) is 0 Å². The fourth-order valence-corrected chi connectivity index (χ4v) is 4.12. The minimum Gasteiger partial charge on any atom is -0.215 e. The third-order valence-electron chi connectivity index (χ3n) is 2.75. The molecule has 0 bridgehead atoms. The molecule has 0 aliphatic carbocycles. The highest BCUT2D eigenvalue weighted by Crippen LogP contribution is 2.38. The van der Waals surface area contributed by atoms with Crippen LogP contribution in [0.2, 0.25) is 15.3 Å². The van der Waals surface area contributed by atoms with Crippen LogP contribution in [0.25, 0.3) is 21.8 Å². The van der Waals surface area contributed by atoms with Gasteiger partial charge in [0.25, 0.3) is 0 Å². The Kier molecular flexibility index (Phi) is 4.52. The molecule has 21 heavy (non-hydrogen) atoms. The standard InChI is InChI=1S/C14H6BrCl3N2S/c15-9-4-5-21-11(9)14-19-12(17)10(13(18)20-14)7-2-1-3-8(16)6-7/h1-6H. The second kappa shape index (κ2) is 6.23. The van der Waals surface area contributed by atoms with Gasteiger partial charge in [-0.25, -0.2) is 9.97 Å². The largest absolute Gasteiger partial charge is 0.215 e. The van der Waals surface area contributed by atoms with Crippen LogP contribution in [-0.4, -0.2) is 9.97 Å². The molecule has 2 nitrogen and oxygen atoms in total. The maximum absolute atomic E-state index is 6.30. The van der Waals surface area contributed by atoms with E-state index < -0.39 is 0 Å². The lowest BCUT2D eigenvalue weighted by molar-refractivity contribution is 1.19. The summed E-state index contributed by atoms with van der Waals surface area (Å²) in [5.41, 5.74) is 1.37. The average molecular weight is 421 g/mol. The molecular formula is C14H6BrCl3N2S. The van der Waals surface area contributed by atoms with Gasteiger partial charge in [0.05, 0.1) is 10.4 Å². The smallest absolute Gasteiger partial charge is 0.173 e. The molecule has 0 amide bonds. The fourth-order valence-electron chi connectivity index (χ4n) is 1.84. The first-order valence-electron chi connectivity index (χ1n) is 5.78. The Morgan fingerprint density at radius 1 is 1.00 bits per heavy atom. The number of hydrogen-bond donors (Lipinski definition) is 0. The topological polar surface area (TPSA) is 25.8 Å². The van der Waals surface area contributed by atoms with E-state index in [9.17, 15) is 0 Å². The Balaban J connectivity index is 2.15. The van der Waals surface area contributed by atoms with Crippen LogP contribution in [-0.2, 0) is 0 Å². The van der Waals surface area contributed by atoms with Gasteiger partial charge in [-0.2, -0.15) is 0 Å². The van der Waals surface area contributed by atoms with Gasteiger partial charge in [-0.05, 0) is 45.1 Å². The molecule has 2 aromatic heterocycles. The molecule has 0 N–H and O–H groups in total. The average Bonchev–Trinajstić information content (AvgIpc) is 2.84. The zero-order chi connectivity index (χ0) is 15.0. The van der Waals surface area contributed by atoms with E-state index in [2.05, 4.69) is 25.9 Å². The maximum Gasteiger partial charge on any atom is 0.173 e. The number of thiophene rings is 1. The zero-order valence-electron chi connectivity index (χ0n) is 10.3.